The fourth-order valence-corrected chi connectivity index (χ4v) is 3.76. The summed E-state index contributed by atoms with van der Waals surface area (Å²) in [4.78, 5) is 11.3. The Morgan fingerprint density at radius 2 is 1.89 bits per heavy atom. The summed E-state index contributed by atoms with van der Waals surface area (Å²) >= 11 is 12.2. The molecule has 0 bridgehead atoms. The third kappa shape index (κ3) is 3.32. The lowest BCUT2D eigenvalue weighted by Gasteiger charge is -2.15. The van der Waals surface area contributed by atoms with E-state index < -0.39 is 23.8 Å². The molecule has 148 valence electrons. The summed E-state index contributed by atoms with van der Waals surface area (Å²) < 4.78 is 40.5. The van der Waals surface area contributed by atoms with Gasteiger partial charge in [-0.15, -0.1) is 0 Å². The molecule has 0 spiro atoms. The monoisotopic (exact) mass is 432 g/mol. The van der Waals surface area contributed by atoms with E-state index in [0.717, 1.165) is 12.1 Å². The fraction of sp³-hybridized carbons (Fsp3) is 0.222. The number of fused-ring (bicyclic) bond motifs is 1. The van der Waals surface area contributed by atoms with Crippen molar-refractivity contribution in [3.8, 4) is 0 Å². The molecule has 1 aromatic heterocycles. The zero-order valence-corrected chi connectivity index (χ0v) is 16.0. The standard InChI is InChI=1S/C18H13Cl2F3N2O3/c1-7-5-8(18(21,22)23)6-11-12(7)15(24-25(11)2)16(26)13-10(19)4-3-9(14(13)20)17(27)28/h3-6,16,26H,1-2H3,(H,27,28). The molecular formula is C18H13Cl2F3N2O3. The van der Waals surface area contributed by atoms with E-state index in [4.69, 9.17) is 23.2 Å². The maximum absolute atomic E-state index is 13.1. The van der Waals surface area contributed by atoms with Gasteiger partial charge in [-0.2, -0.15) is 18.3 Å². The molecule has 2 aromatic carbocycles. The van der Waals surface area contributed by atoms with Crippen LogP contribution < -0.4 is 0 Å². The predicted octanol–water partition coefficient (Wildman–Crippen LogP) is 4.99. The van der Waals surface area contributed by atoms with Crippen LogP contribution in [0.1, 0.15) is 38.8 Å². The van der Waals surface area contributed by atoms with Crippen molar-refractivity contribution < 1.29 is 28.2 Å². The van der Waals surface area contributed by atoms with Gasteiger partial charge in [0, 0.05) is 23.0 Å². The second-order valence-corrected chi connectivity index (χ2v) is 7.01. The molecule has 0 aliphatic heterocycles. The molecule has 0 saturated carbocycles. The van der Waals surface area contributed by atoms with E-state index in [1.165, 1.54) is 30.8 Å². The quantitative estimate of drug-likeness (QED) is 0.611. The smallest absolute Gasteiger partial charge is 0.416 e. The van der Waals surface area contributed by atoms with Crippen LogP contribution in [0.2, 0.25) is 10.0 Å². The highest BCUT2D eigenvalue weighted by atomic mass is 35.5. The van der Waals surface area contributed by atoms with Crippen LogP contribution >= 0.6 is 23.2 Å². The van der Waals surface area contributed by atoms with E-state index in [2.05, 4.69) is 5.10 Å². The van der Waals surface area contributed by atoms with Gasteiger partial charge in [-0.1, -0.05) is 23.2 Å². The van der Waals surface area contributed by atoms with Gasteiger partial charge in [0.1, 0.15) is 11.8 Å². The van der Waals surface area contributed by atoms with Crippen LogP contribution in [0.15, 0.2) is 24.3 Å². The van der Waals surface area contributed by atoms with Crippen LogP contribution in [0.3, 0.4) is 0 Å². The number of aliphatic hydroxyl groups is 1. The Hall–Kier alpha value is -2.29. The van der Waals surface area contributed by atoms with Gasteiger partial charge in [-0.05, 0) is 36.8 Å². The molecule has 1 heterocycles. The van der Waals surface area contributed by atoms with E-state index in [1.807, 2.05) is 0 Å². The number of aromatic carboxylic acids is 1. The summed E-state index contributed by atoms with van der Waals surface area (Å²) in [6.07, 6.45) is -6.08. The molecule has 0 saturated heterocycles. The van der Waals surface area contributed by atoms with Crippen LogP contribution in [-0.2, 0) is 13.2 Å². The van der Waals surface area contributed by atoms with Gasteiger partial charge < -0.3 is 10.2 Å². The van der Waals surface area contributed by atoms with Crippen molar-refractivity contribution in [2.75, 3.05) is 0 Å². The second-order valence-electron chi connectivity index (χ2n) is 6.22. The number of nitrogens with zero attached hydrogens (tertiary/aromatic N) is 2. The first-order chi connectivity index (χ1) is 12.9. The number of carboxylic acid groups (broad SMARTS) is 1. The zero-order valence-electron chi connectivity index (χ0n) is 14.5. The summed E-state index contributed by atoms with van der Waals surface area (Å²) in [6, 6.07) is 4.36. The van der Waals surface area contributed by atoms with Crippen molar-refractivity contribution in [3.63, 3.8) is 0 Å². The molecule has 2 N–H and O–H groups in total. The van der Waals surface area contributed by atoms with Crippen molar-refractivity contribution in [3.05, 3.63) is 62.3 Å². The number of aromatic nitrogens is 2. The van der Waals surface area contributed by atoms with Gasteiger partial charge >= 0.3 is 12.1 Å². The lowest BCUT2D eigenvalue weighted by molar-refractivity contribution is -0.137. The first kappa shape index (κ1) is 20.4. The molecule has 0 fully saturated rings. The Morgan fingerprint density at radius 1 is 1.25 bits per heavy atom. The molecule has 5 nitrogen and oxygen atoms in total. The van der Waals surface area contributed by atoms with Gasteiger partial charge in [0.05, 0.1) is 21.7 Å². The molecule has 10 heteroatoms. The molecule has 0 amide bonds. The van der Waals surface area contributed by atoms with Gasteiger partial charge in [-0.3, -0.25) is 4.68 Å². The highest BCUT2D eigenvalue weighted by molar-refractivity contribution is 6.38. The van der Waals surface area contributed by atoms with Crippen molar-refractivity contribution >= 4 is 40.1 Å². The van der Waals surface area contributed by atoms with Crippen molar-refractivity contribution in [1.82, 2.24) is 9.78 Å². The van der Waals surface area contributed by atoms with E-state index >= 15 is 0 Å². The van der Waals surface area contributed by atoms with E-state index in [9.17, 15) is 28.2 Å². The summed E-state index contributed by atoms with van der Waals surface area (Å²) in [7, 11) is 1.44. The van der Waals surface area contributed by atoms with E-state index in [-0.39, 0.29) is 37.9 Å². The molecule has 0 aliphatic rings. The Bertz CT molecular complexity index is 1110. The molecule has 0 radical (unpaired) electrons. The number of carboxylic acids is 1. The summed E-state index contributed by atoms with van der Waals surface area (Å²) in [5.41, 5.74) is -0.767. The average molecular weight is 433 g/mol. The number of rotatable bonds is 3. The molecule has 0 aliphatic carbocycles. The predicted molar refractivity (Wildman–Crippen MR) is 97.9 cm³/mol. The SMILES string of the molecule is Cc1cc(C(F)(F)F)cc2c1c(C(O)c1c(Cl)ccc(C(=O)O)c1Cl)nn2C. The number of alkyl halides is 3. The molecule has 1 atom stereocenters. The number of halogens is 5. The van der Waals surface area contributed by atoms with Crippen LogP contribution in [0, 0.1) is 6.92 Å². The minimum absolute atomic E-state index is 0.00543. The minimum atomic E-state index is -4.54. The Labute approximate surface area is 166 Å². The van der Waals surface area contributed by atoms with Crippen molar-refractivity contribution in [2.45, 2.75) is 19.2 Å². The zero-order chi connectivity index (χ0) is 21.0. The number of aryl methyl sites for hydroxylation is 2. The molecule has 3 aromatic rings. The lowest BCUT2D eigenvalue weighted by Crippen LogP contribution is -2.08. The van der Waals surface area contributed by atoms with Crippen LogP contribution in [-0.4, -0.2) is 26.0 Å². The maximum Gasteiger partial charge on any atom is 0.416 e. The highest BCUT2D eigenvalue weighted by Crippen LogP contribution is 2.40. The summed E-state index contributed by atoms with van der Waals surface area (Å²) in [6.45, 7) is 1.46. The van der Waals surface area contributed by atoms with Gasteiger partial charge in [0.2, 0.25) is 0 Å². The van der Waals surface area contributed by atoms with Crippen LogP contribution in [0.5, 0.6) is 0 Å². The number of hydrogen-bond donors (Lipinski definition) is 2. The molecule has 3 rings (SSSR count). The molecular weight excluding hydrogens is 420 g/mol. The van der Waals surface area contributed by atoms with E-state index in [0.29, 0.717) is 5.39 Å². The number of carbonyl (C=O) groups is 1. The average Bonchev–Trinajstić information content (AvgIpc) is 2.91. The topological polar surface area (TPSA) is 75.3 Å². The number of aliphatic hydroxyl groups excluding tert-OH is 1. The summed E-state index contributed by atoms with van der Waals surface area (Å²) in [5, 5.41) is 24.3. The minimum Gasteiger partial charge on any atom is -0.478 e. The maximum atomic E-state index is 13.1. The van der Waals surface area contributed by atoms with Gasteiger partial charge in [-0.25, -0.2) is 4.79 Å². The first-order valence-electron chi connectivity index (χ1n) is 7.87. The van der Waals surface area contributed by atoms with Gasteiger partial charge in [0.25, 0.3) is 0 Å². The molecule has 1 unspecified atom stereocenters. The van der Waals surface area contributed by atoms with Crippen LogP contribution in [0.4, 0.5) is 13.2 Å². The van der Waals surface area contributed by atoms with Crippen LogP contribution in [0.25, 0.3) is 10.9 Å². The van der Waals surface area contributed by atoms with Gasteiger partial charge in [0.15, 0.2) is 0 Å². The lowest BCUT2D eigenvalue weighted by atomic mass is 9.98. The number of hydrogen-bond acceptors (Lipinski definition) is 3. The largest absolute Gasteiger partial charge is 0.478 e. The normalized spacial score (nSPS) is 13.1. The number of benzene rings is 2. The van der Waals surface area contributed by atoms with E-state index in [1.54, 1.807) is 0 Å². The Balaban J connectivity index is 2.26. The van der Waals surface area contributed by atoms with Crippen molar-refractivity contribution in [2.24, 2.45) is 7.05 Å². The summed E-state index contributed by atoms with van der Waals surface area (Å²) in [5.74, 6) is -1.31. The highest BCUT2D eigenvalue weighted by Gasteiger charge is 2.33. The Morgan fingerprint density at radius 3 is 2.46 bits per heavy atom. The third-order valence-electron chi connectivity index (χ3n) is 4.39. The molecule has 28 heavy (non-hydrogen) atoms. The second kappa shape index (κ2) is 6.95. The third-order valence-corrected chi connectivity index (χ3v) is 5.13. The fourth-order valence-electron chi connectivity index (χ4n) is 3.10. The first-order valence-corrected chi connectivity index (χ1v) is 8.62. The Kier molecular flexibility index (Phi) is 5.07. The van der Waals surface area contributed by atoms with Crippen molar-refractivity contribution in [1.29, 1.82) is 0 Å².